The number of carbonyl (C=O) groups is 4. The molecule has 36 heavy (non-hydrogen) atoms. The second-order valence-electron chi connectivity index (χ2n) is 8.51. The molecule has 1 aliphatic rings. The number of imide groups is 1. The Morgan fingerprint density at radius 3 is 1.56 bits per heavy atom. The maximum absolute atomic E-state index is 11.9. The number of Topliss-reactive ketones (excluding diaryl/α,β-unsaturated/α-hetero) is 2. The molecular weight excluding hydrogens is 474 g/mol. The van der Waals surface area contributed by atoms with Crippen molar-refractivity contribution in [1.82, 2.24) is 4.90 Å². The SMILES string of the molecule is CC(=O)CCOCCOCCOCCOCCOCCOCCCC(=O)CCN1C(=O)CC(C)C1=O. The van der Waals surface area contributed by atoms with Crippen LogP contribution in [0.4, 0.5) is 0 Å². The van der Waals surface area contributed by atoms with Gasteiger partial charge in [-0.15, -0.1) is 0 Å². The van der Waals surface area contributed by atoms with Crippen molar-refractivity contribution >= 4 is 23.4 Å². The Balaban J connectivity index is 1.75. The van der Waals surface area contributed by atoms with Crippen molar-refractivity contribution in [2.75, 3.05) is 85.8 Å². The molecule has 1 rings (SSSR count). The molecule has 1 aliphatic heterocycles. The van der Waals surface area contributed by atoms with E-state index in [0.29, 0.717) is 98.5 Å². The third-order valence-electron chi connectivity index (χ3n) is 5.29. The Labute approximate surface area is 214 Å². The average molecular weight is 518 g/mol. The van der Waals surface area contributed by atoms with E-state index in [1.165, 1.54) is 11.8 Å². The van der Waals surface area contributed by atoms with Gasteiger partial charge in [0.05, 0.1) is 72.7 Å². The van der Waals surface area contributed by atoms with Crippen molar-refractivity contribution in [3.05, 3.63) is 0 Å². The Morgan fingerprint density at radius 2 is 1.14 bits per heavy atom. The largest absolute Gasteiger partial charge is 0.379 e. The summed E-state index contributed by atoms with van der Waals surface area (Å²) < 4.78 is 32.3. The van der Waals surface area contributed by atoms with Crippen LogP contribution in [0.15, 0.2) is 0 Å². The minimum absolute atomic E-state index is 0.0238. The third-order valence-corrected chi connectivity index (χ3v) is 5.29. The van der Waals surface area contributed by atoms with Crippen LogP contribution in [0.5, 0.6) is 0 Å². The van der Waals surface area contributed by atoms with Crippen LogP contribution in [0.3, 0.4) is 0 Å². The predicted octanol–water partition coefficient (Wildman–Crippen LogP) is 1.20. The lowest BCUT2D eigenvalue weighted by atomic mass is 10.1. The van der Waals surface area contributed by atoms with Crippen LogP contribution in [0, 0.1) is 5.92 Å². The first-order chi connectivity index (χ1) is 17.4. The number of ether oxygens (including phenoxy) is 6. The van der Waals surface area contributed by atoms with Crippen molar-refractivity contribution in [3.63, 3.8) is 0 Å². The molecule has 0 aromatic carbocycles. The van der Waals surface area contributed by atoms with Gasteiger partial charge < -0.3 is 28.4 Å². The van der Waals surface area contributed by atoms with Crippen molar-refractivity contribution in [2.45, 2.75) is 46.0 Å². The molecule has 1 unspecified atom stereocenters. The standard InChI is InChI=1S/C25H43NO10/c1-21-20-24(29)26(25(21)30)7-5-23(28)4-3-8-31-10-12-33-14-16-35-18-19-36-17-15-34-13-11-32-9-6-22(2)27/h21H,3-20H2,1-2H3. The summed E-state index contributed by atoms with van der Waals surface area (Å²) in [7, 11) is 0. The highest BCUT2D eigenvalue weighted by molar-refractivity contribution is 6.03. The van der Waals surface area contributed by atoms with Gasteiger partial charge in [0.2, 0.25) is 11.8 Å². The molecule has 0 bridgehead atoms. The van der Waals surface area contributed by atoms with Crippen LogP contribution in [0.2, 0.25) is 0 Å². The van der Waals surface area contributed by atoms with Gasteiger partial charge >= 0.3 is 0 Å². The zero-order valence-electron chi connectivity index (χ0n) is 21.8. The third kappa shape index (κ3) is 16.8. The van der Waals surface area contributed by atoms with Gasteiger partial charge in [-0.3, -0.25) is 24.1 Å². The van der Waals surface area contributed by atoms with Crippen LogP contribution < -0.4 is 0 Å². The van der Waals surface area contributed by atoms with Crippen LogP contribution in [0.25, 0.3) is 0 Å². The zero-order valence-corrected chi connectivity index (χ0v) is 21.8. The highest BCUT2D eigenvalue weighted by Gasteiger charge is 2.35. The molecule has 11 heteroatoms. The van der Waals surface area contributed by atoms with Crippen molar-refractivity contribution in [3.8, 4) is 0 Å². The summed E-state index contributed by atoms with van der Waals surface area (Å²) >= 11 is 0. The Morgan fingerprint density at radius 1 is 0.694 bits per heavy atom. The number of nitrogens with zero attached hydrogens (tertiary/aromatic N) is 1. The quantitative estimate of drug-likeness (QED) is 0.129. The molecule has 11 nitrogen and oxygen atoms in total. The molecule has 0 saturated carbocycles. The number of likely N-dealkylation sites (tertiary alicyclic amines) is 1. The van der Waals surface area contributed by atoms with Gasteiger partial charge in [-0.25, -0.2) is 0 Å². The average Bonchev–Trinajstić information content (AvgIpc) is 3.08. The molecule has 1 heterocycles. The fourth-order valence-corrected chi connectivity index (χ4v) is 3.23. The van der Waals surface area contributed by atoms with Crippen LogP contribution in [0.1, 0.15) is 46.0 Å². The molecule has 1 atom stereocenters. The molecule has 0 aliphatic carbocycles. The van der Waals surface area contributed by atoms with Gasteiger partial charge in [-0.05, 0) is 13.3 Å². The van der Waals surface area contributed by atoms with E-state index in [1.54, 1.807) is 6.92 Å². The van der Waals surface area contributed by atoms with Gasteiger partial charge in [0.1, 0.15) is 11.6 Å². The zero-order chi connectivity index (χ0) is 26.4. The maximum atomic E-state index is 11.9. The smallest absolute Gasteiger partial charge is 0.232 e. The lowest BCUT2D eigenvalue weighted by Crippen LogP contribution is -2.32. The normalized spacial score (nSPS) is 15.7. The second-order valence-corrected chi connectivity index (χ2v) is 8.51. The molecule has 208 valence electrons. The fourth-order valence-electron chi connectivity index (χ4n) is 3.23. The number of amides is 2. The maximum Gasteiger partial charge on any atom is 0.232 e. The topological polar surface area (TPSA) is 127 Å². The van der Waals surface area contributed by atoms with E-state index in [1.807, 2.05) is 0 Å². The molecule has 0 aromatic heterocycles. The van der Waals surface area contributed by atoms with Crippen LogP contribution in [-0.2, 0) is 47.6 Å². The fraction of sp³-hybridized carbons (Fsp3) is 0.840. The molecule has 1 fully saturated rings. The number of hydrogen-bond acceptors (Lipinski definition) is 10. The summed E-state index contributed by atoms with van der Waals surface area (Å²) in [5, 5.41) is 0. The van der Waals surface area contributed by atoms with E-state index in [4.69, 9.17) is 28.4 Å². The molecule has 0 N–H and O–H groups in total. The van der Waals surface area contributed by atoms with Gasteiger partial charge in [0.15, 0.2) is 0 Å². The second kappa shape index (κ2) is 21.3. The van der Waals surface area contributed by atoms with Gasteiger partial charge in [-0.1, -0.05) is 6.92 Å². The minimum Gasteiger partial charge on any atom is -0.379 e. The van der Waals surface area contributed by atoms with Crippen molar-refractivity contribution < 1.29 is 47.6 Å². The summed E-state index contributed by atoms with van der Waals surface area (Å²) in [6.07, 6.45) is 1.84. The highest BCUT2D eigenvalue weighted by Crippen LogP contribution is 2.18. The van der Waals surface area contributed by atoms with E-state index in [0.717, 1.165) is 0 Å². The van der Waals surface area contributed by atoms with E-state index in [-0.39, 0.29) is 48.7 Å². The Kier molecular flexibility index (Phi) is 19.1. The summed E-state index contributed by atoms with van der Waals surface area (Å²) in [6, 6.07) is 0. The van der Waals surface area contributed by atoms with E-state index in [2.05, 4.69) is 0 Å². The Bertz CT molecular complexity index is 642. The summed E-state index contributed by atoms with van der Waals surface area (Å²) in [5.74, 6) is -0.507. The van der Waals surface area contributed by atoms with E-state index in [9.17, 15) is 19.2 Å². The van der Waals surface area contributed by atoms with Crippen LogP contribution >= 0.6 is 0 Å². The van der Waals surface area contributed by atoms with Crippen molar-refractivity contribution in [1.29, 1.82) is 0 Å². The monoisotopic (exact) mass is 517 g/mol. The molecule has 1 saturated heterocycles. The van der Waals surface area contributed by atoms with Gasteiger partial charge in [0.25, 0.3) is 0 Å². The van der Waals surface area contributed by atoms with E-state index < -0.39 is 0 Å². The lowest BCUT2D eigenvalue weighted by molar-refractivity contribution is -0.139. The van der Waals surface area contributed by atoms with Crippen LogP contribution in [-0.4, -0.2) is 114 Å². The summed E-state index contributed by atoms with van der Waals surface area (Å²) in [6.45, 7) is 8.99. The minimum atomic E-state index is -0.275. The first-order valence-corrected chi connectivity index (χ1v) is 12.7. The van der Waals surface area contributed by atoms with Crippen molar-refractivity contribution in [2.24, 2.45) is 5.92 Å². The highest BCUT2D eigenvalue weighted by atomic mass is 16.6. The Hall–Kier alpha value is -1.76. The lowest BCUT2D eigenvalue weighted by Gasteiger charge is -2.13. The number of ketones is 2. The molecule has 2 amide bonds. The molecular formula is C25H43NO10. The number of rotatable bonds is 25. The van der Waals surface area contributed by atoms with E-state index >= 15 is 0 Å². The predicted molar refractivity (Wildman–Crippen MR) is 130 cm³/mol. The molecule has 0 spiro atoms. The van der Waals surface area contributed by atoms with Gasteiger partial charge in [0, 0.05) is 44.8 Å². The first-order valence-electron chi connectivity index (χ1n) is 12.7. The number of carbonyl (C=O) groups excluding carboxylic acids is 4. The summed E-state index contributed by atoms with van der Waals surface area (Å²) in [5.41, 5.74) is 0. The summed E-state index contributed by atoms with van der Waals surface area (Å²) in [4.78, 5) is 47.4. The first kappa shape index (κ1) is 32.3. The van der Waals surface area contributed by atoms with Gasteiger partial charge in [-0.2, -0.15) is 0 Å². The molecule has 0 aromatic rings. The molecule has 0 radical (unpaired) electrons. The number of hydrogen-bond donors (Lipinski definition) is 0.